The number of pyridine rings is 1. The van der Waals surface area contributed by atoms with Gasteiger partial charge < -0.3 is 29.7 Å². The van der Waals surface area contributed by atoms with Gasteiger partial charge in [0.25, 0.3) is 0 Å². The monoisotopic (exact) mass is 739 g/mol. The number of nitrogens with zero attached hydrogens (tertiary/aromatic N) is 1. The highest BCUT2D eigenvalue weighted by atomic mass is 35.5. The standard InChI is InChI=1S/C37H37Cl2N3O6S.H2O/c1-45-29-8-7-24(17-31(29)46-2)30(18-25-27(38)19-40-20-28(25)39)47-35(43)33-9-10-34(49-33)41-37(14-11-22-5-3-4-6-26(22)37)36(44)48-32-21-42-15-12-23(32)13-16-42;/h3-10,17,19-20,23,30,32,41H,11-16,18,21H2,1-2H3;1H2/t30-,32-,37?;/m0./s1. The van der Waals surface area contributed by atoms with Crippen LogP contribution in [0.3, 0.4) is 0 Å². The number of benzene rings is 2. The highest BCUT2D eigenvalue weighted by Crippen LogP contribution is 2.44. The number of aromatic amines is 1. The molecule has 3 aliphatic heterocycles. The van der Waals surface area contributed by atoms with Crippen molar-refractivity contribution in [3.63, 3.8) is 0 Å². The van der Waals surface area contributed by atoms with Crippen molar-refractivity contribution in [2.24, 2.45) is 5.92 Å². The number of methoxy groups -OCH3 is 2. The lowest BCUT2D eigenvalue weighted by molar-refractivity contribution is -0.377. The number of carbonyl (C=O) groups is 2. The topological polar surface area (TPSA) is 130 Å². The van der Waals surface area contributed by atoms with E-state index >= 15 is 0 Å². The highest BCUT2D eigenvalue weighted by Gasteiger charge is 2.49. The first-order valence-corrected chi connectivity index (χ1v) is 18.0. The van der Waals surface area contributed by atoms with Crippen molar-refractivity contribution in [1.29, 1.82) is 0 Å². The van der Waals surface area contributed by atoms with Crippen LogP contribution in [0.25, 0.3) is 0 Å². The first kappa shape index (κ1) is 35.9. The second-order valence-corrected chi connectivity index (χ2v) is 14.7. The van der Waals surface area contributed by atoms with E-state index in [4.69, 9.17) is 42.1 Å². The smallest absolute Gasteiger partial charge is 0.349 e. The summed E-state index contributed by atoms with van der Waals surface area (Å²) < 4.78 is 23.5. The predicted molar refractivity (Wildman–Crippen MR) is 190 cm³/mol. The Hall–Kier alpha value is -3.87. The van der Waals surface area contributed by atoms with Gasteiger partial charge in [-0.25, -0.2) is 14.6 Å². The number of thiophene rings is 1. The van der Waals surface area contributed by atoms with Gasteiger partial charge in [0.1, 0.15) is 27.1 Å². The van der Waals surface area contributed by atoms with Crippen LogP contribution < -0.4 is 19.8 Å². The molecule has 2 aromatic heterocycles. The number of fused-ring (bicyclic) bond motifs is 4. The molecule has 2 aromatic carbocycles. The van der Waals surface area contributed by atoms with E-state index in [9.17, 15) is 9.59 Å². The molecule has 3 fully saturated rings. The van der Waals surface area contributed by atoms with Crippen LogP contribution in [0, 0.1) is 5.92 Å². The molecular weight excluding hydrogens is 701 g/mol. The number of hydrogen-bond acceptors (Lipinski definition) is 10. The van der Waals surface area contributed by atoms with Crippen molar-refractivity contribution >= 4 is 51.5 Å². The van der Waals surface area contributed by atoms with E-state index in [1.807, 2.05) is 30.3 Å². The van der Waals surface area contributed by atoms with Crippen molar-refractivity contribution < 1.29 is 39.0 Å². The summed E-state index contributed by atoms with van der Waals surface area (Å²) in [4.78, 5) is 33.7. The third-order valence-corrected chi connectivity index (χ3v) is 11.7. The molecule has 10 nitrogen and oxygen atoms in total. The first-order chi connectivity index (χ1) is 23.8. The zero-order chi connectivity index (χ0) is 34.1. The Bertz CT molecular complexity index is 1840. The minimum absolute atomic E-state index is 0. The fourth-order valence-corrected chi connectivity index (χ4v) is 8.73. The van der Waals surface area contributed by atoms with Crippen LogP contribution in [0.1, 0.15) is 57.3 Å². The summed E-state index contributed by atoms with van der Waals surface area (Å²) in [6, 6.07) is 16.9. The molecule has 13 heteroatoms. The number of esters is 2. The van der Waals surface area contributed by atoms with Crippen LogP contribution in [0.4, 0.5) is 5.00 Å². The summed E-state index contributed by atoms with van der Waals surface area (Å²) in [7, 11) is 3.11. The van der Waals surface area contributed by atoms with Crippen LogP contribution in [0.2, 0.25) is 10.0 Å². The van der Waals surface area contributed by atoms with Crippen molar-refractivity contribution in [3.05, 3.63) is 104 Å². The number of anilines is 1. The van der Waals surface area contributed by atoms with E-state index in [1.54, 1.807) is 44.8 Å². The molecule has 0 saturated carbocycles. The molecule has 4 aliphatic rings. The van der Waals surface area contributed by atoms with Crippen molar-refractivity contribution in [1.82, 2.24) is 4.90 Å². The van der Waals surface area contributed by atoms with Gasteiger partial charge in [-0.15, -0.1) is 11.3 Å². The van der Waals surface area contributed by atoms with Crippen LogP contribution >= 0.6 is 34.5 Å². The first-order valence-electron chi connectivity index (χ1n) is 16.4. The molecule has 0 amide bonds. The zero-order valence-corrected chi connectivity index (χ0v) is 30.1. The van der Waals surface area contributed by atoms with Gasteiger partial charge in [-0.2, -0.15) is 0 Å². The Morgan fingerprint density at radius 1 is 1.02 bits per heavy atom. The molecule has 8 rings (SSSR count). The molecule has 0 spiro atoms. The molecule has 1 aliphatic carbocycles. The summed E-state index contributed by atoms with van der Waals surface area (Å²) in [6.07, 6.45) is 6.01. The number of aryl methyl sites for hydroxylation is 1. The van der Waals surface area contributed by atoms with Gasteiger partial charge in [0.15, 0.2) is 29.4 Å². The Morgan fingerprint density at radius 2 is 1.76 bits per heavy atom. The van der Waals surface area contributed by atoms with Crippen LogP contribution in [0.15, 0.2) is 67.0 Å². The summed E-state index contributed by atoms with van der Waals surface area (Å²) in [5.41, 5.74) is 2.28. The van der Waals surface area contributed by atoms with Gasteiger partial charge in [0, 0.05) is 18.5 Å². The number of rotatable bonds is 11. The number of piperidine rings is 3. The molecule has 2 bridgehead atoms. The fourth-order valence-electron chi connectivity index (χ4n) is 7.34. The van der Waals surface area contributed by atoms with Crippen molar-refractivity contribution in [3.8, 4) is 11.5 Å². The summed E-state index contributed by atoms with van der Waals surface area (Å²) in [6.45, 7) is 2.91. The SMILES string of the molecule is COc1ccc([C@H](Cc2c(Cl)c[nH+]cc2Cl)OC(=O)c2ccc(NC3(C(=O)O[C@H]4CN5CCC4CC5)CCc4ccccc43)s2)cc1OC.[OH-]. The second-order valence-electron chi connectivity index (χ2n) is 12.8. The molecule has 3 atom stereocenters. The van der Waals surface area contributed by atoms with E-state index in [0.717, 1.165) is 50.0 Å². The van der Waals surface area contributed by atoms with Gasteiger partial charge in [-0.3, -0.25) is 4.90 Å². The molecule has 5 heterocycles. The molecule has 1 unspecified atom stereocenters. The number of ether oxygens (including phenoxy) is 4. The lowest BCUT2D eigenvalue weighted by Gasteiger charge is -2.45. The van der Waals surface area contributed by atoms with E-state index in [1.165, 1.54) is 11.3 Å². The molecule has 264 valence electrons. The van der Waals surface area contributed by atoms with Crippen molar-refractivity contribution in [2.45, 2.75) is 49.9 Å². The van der Waals surface area contributed by atoms with E-state index < -0.39 is 17.6 Å². The molecule has 50 heavy (non-hydrogen) atoms. The maximum Gasteiger partial charge on any atom is 0.349 e. The van der Waals surface area contributed by atoms with Gasteiger partial charge in [0.05, 0.1) is 19.2 Å². The van der Waals surface area contributed by atoms with Crippen LogP contribution in [-0.2, 0) is 32.6 Å². The van der Waals surface area contributed by atoms with Gasteiger partial charge in [-0.1, -0.05) is 53.5 Å². The largest absolute Gasteiger partial charge is 0.870 e. The maximum atomic E-state index is 14.2. The van der Waals surface area contributed by atoms with Gasteiger partial charge in [0.2, 0.25) is 0 Å². The minimum atomic E-state index is -1.06. The number of halogens is 2. The quantitative estimate of drug-likeness (QED) is 0.166. The molecule has 0 radical (unpaired) electrons. The van der Waals surface area contributed by atoms with Crippen LogP contribution in [-0.4, -0.2) is 62.3 Å². The Labute approximate surface area is 304 Å². The number of H-pyrrole nitrogens is 1. The van der Waals surface area contributed by atoms with E-state index in [0.29, 0.717) is 54.9 Å². The third kappa shape index (κ3) is 7.02. The zero-order valence-electron chi connectivity index (χ0n) is 27.7. The predicted octanol–water partition coefficient (Wildman–Crippen LogP) is 6.74. The Balaban J connectivity index is 0.00000432. The van der Waals surface area contributed by atoms with Crippen LogP contribution in [0.5, 0.6) is 11.5 Å². The molecule has 3 saturated heterocycles. The molecule has 3 N–H and O–H groups in total. The van der Waals surface area contributed by atoms with Gasteiger partial charge >= 0.3 is 11.9 Å². The van der Waals surface area contributed by atoms with Gasteiger partial charge in [-0.05, 0) is 85.6 Å². The summed E-state index contributed by atoms with van der Waals surface area (Å²) in [5, 5.41) is 5.05. The minimum Gasteiger partial charge on any atom is -0.870 e. The fraction of sp³-hybridized carbons (Fsp3) is 0.378. The average molecular weight is 741 g/mol. The Morgan fingerprint density at radius 3 is 2.46 bits per heavy atom. The normalized spacial score (nSPS) is 22.5. The second kappa shape index (κ2) is 15.2. The maximum absolute atomic E-state index is 14.2. The third-order valence-electron chi connectivity index (χ3n) is 10.0. The number of nitrogens with one attached hydrogen (secondary N) is 2. The lowest BCUT2D eigenvalue weighted by atomic mass is 9.85. The number of aromatic nitrogens is 1. The average Bonchev–Trinajstić information content (AvgIpc) is 3.75. The number of carbonyl (C=O) groups excluding carboxylic acids is 2. The van der Waals surface area contributed by atoms with E-state index in [2.05, 4.69) is 21.3 Å². The molecule has 4 aromatic rings. The van der Waals surface area contributed by atoms with E-state index in [-0.39, 0.29) is 24.0 Å². The lowest BCUT2D eigenvalue weighted by Crippen LogP contribution is -2.54. The highest BCUT2D eigenvalue weighted by molar-refractivity contribution is 7.17. The van der Waals surface area contributed by atoms with Crippen molar-refractivity contribution in [2.75, 3.05) is 39.2 Å². The summed E-state index contributed by atoms with van der Waals surface area (Å²) >= 11 is 14.3. The number of hydrogen-bond donors (Lipinski definition) is 1. The Kier molecular flexibility index (Phi) is 10.9. The molecular formula is C37H39Cl2N3O7S. The summed E-state index contributed by atoms with van der Waals surface area (Å²) in [5.74, 6) is 0.641.